The first kappa shape index (κ1) is 15.0. The fourth-order valence-corrected chi connectivity index (χ4v) is 2.16. The normalized spacial score (nSPS) is 29.5. The third-order valence-electron chi connectivity index (χ3n) is 3.64. The summed E-state index contributed by atoms with van der Waals surface area (Å²) in [6.07, 6.45) is 1.18. The molecule has 1 aliphatic heterocycles. The Morgan fingerprint density at radius 2 is 2.11 bits per heavy atom. The number of hydrogen-bond acceptors (Lipinski definition) is 2. The number of carbonyl (C=O) groups is 2. The minimum atomic E-state index is -0.788. The minimum Gasteiger partial charge on any atom is -0.342 e. The van der Waals surface area contributed by atoms with Crippen molar-refractivity contribution in [3.05, 3.63) is 11.1 Å². The Kier molecular flexibility index (Phi) is 4.79. The molecule has 0 aliphatic carbocycles. The van der Waals surface area contributed by atoms with Crippen LogP contribution in [0.5, 0.6) is 0 Å². The Balaban J connectivity index is 3.10. The van der Waals surface area contributed by atoms with Gasteiger partial charge in [0.05, 0.1) is 0 Å². The maximum absolute atomic E-state index is 12.4. The first-order chi connectivity index (χ1) is 8.40. The second kappa shape index (κ2) is 5.74. The van der Waals surface area contributed by atoms with Crippen LogP contribution in [0.1, 0.15) is 40.5 Å². The van der Waals surface area contributed by atoms with Crippen LogP contribution in [-0.4, -0.2) is 34.8 Å². The van der Waals surface area contributed by atoms with Gasteiger partial charge in [0.1, 0.15) is 11.6 Å². The third-order valence-corrected chi connectivity index (χ3v) is 4.02. The summed E-state index contributed by atoms with van der Waals surface area (Å²) in [5.41, 5.74) is 1.54. The summed E-state index contributed by atoms with van der Waals surface area (Å²) in [6.45, 7) is 7.85. The quantitative estimate of drug-likeness (QED) is 0.851. The average Bonchev–Trinajstić information content (AvgIpc) is 2.38. The lowest BCUT2D eigenvalue weighted by atomic mass is 9.89. The number of halogens is 1. The fraction of sp³-hybridized carbons (Fsp3) is 0.692. The van der Waals surface area contributed by atoms with Gasteiger partial charge < -0.3 is 10.2 Å². The largest absolute Gasteiger partial charge is 0.342 e. The highest BCUT2D eigenvalue weighted by Crippen LogP contribution is 2.26. The summed E-state index contributed by atoms with van der Waals surface area (Å²) in [4.78, 5) is 26.2. The highest BCUT2D eigenvalue weighted by molar-refractivity contribution is 6.25. The first-order valence-corrected chi connectivity index (χ1v) is 6.72. The maximum Gasteiger partial charge on any atom is 0.246 e. The topological polar surface area (TPSA) is 49.4 Å². The molecule has 102 valence electrons. The number of carbonyl (C=O) groups excluding carboxylic acids is 2. The van der Waals surface area contributed by atoms with Crippen LogP contribution in [0, 0.1) is 0 Å². The monoisotopic (exact) mass is 272 g/mol. The first-order valence-electron chi connectivity index (χ1n) is 6.29. The van der Waals surface area contributed by atoms with Gasteiger partial charge in [0.25, 0.3) is 0 Å². The van der Waals surface area contributed by atoms with Crippen molar-refractivity contribution in [2.24, 2.45) is 0 Å². The molecule has 0 aromatic rings. The zero-order chi connectivity index (χ0) is 13.9. The van der Waals surface area contributed by atoms with E-state index in [1.165, 1.54) is 5.54 Å². The van der Waals surface area contributed by atoms with Crippen LogP contribution in [0.25, 0.3) is 0 Å². The molecule has 0 aromatic heterocycles. The molecule has 0 radical (unpaired) electrons. The van der Waals surface area contributed by atoms with Gasteiger partial charge in [-0.05, 0) is 32.3 Å². The van der Waals surface area contributed by atoms with E-state index in [1.54, 1.807) is 11.8 Å². The number of amides is 2. The van der Waals surface area contributed by atoms with E-state index in [2.05, 4.69) is 5.32 Å². The molecular formula is C13H21ClN2O2. The maximum atomic E-state index is 12.4. The molecule has 0 saturated carbocycles. The Labute approximate surface area is 113 Å². The number of nitrogens with zero attached hydrogens (tertiary/aromatic N) is 1. The second-order valence-corrected chi connectivity index (χ2v) is 5.16. The molecule has 5 heteroatoms. The van der Waals surface area contributed by atoms with Crippen LogP contribution in [0.15, 0.2) is 11.1 Å². The van der Waals surface area contributed by atoms with E-state index in [1.807, 2.05) is 20.8 Å². The van der Waals surface area contributed by atoms with E-state index in [0.29, 0.717) is 19.4 Å². The number of hydrogen-bond donors (Lipinski definition) is 1. The highest BCUT2D eigenvalue weighted by Gasteiger charge is 2.47. The number of piperazine rings is 1. The van der Waals surface area contributed by atoms with Crippen molar-refractivity contribution in [2.75, 3.05) is 6.54 Å². The van der Waals surface area contributed by atoms with E-state index in [0.717, 1.165) is 5.57 Å². The predicted octanol–water partition coefficient (Wildman–Crippen LogP) is 2.03. The van der Waals surface area contributed by atoms with E-state index in [-0.39, 0.29) is 11.8 Å². The number of nitrogens with one attached hydrogen (secondary N) is 1. The Morgan fingerprint density at radius 3 is 2.56 bits per heavy atom. The molecule has 1 saturated heterocycles. The molecule has 0 spiro atoms. The molecule has 1 rings (SSSR count). The Hall–Kier alpha value is -1.03. The van der Waals surface area contributed by atoms with Crippen molar-refractivity contribution in [2.45, 2.75) is 52.1 Å². The standard InChI is InChI=1S/C13H21ClN2O2/c1-5-10-11(17)16(8-9(3)7-14)13(4,6-2)12(18)15-10/h7,10H,5-6,8H2,1-4H3,(H,15,18). The molecule has 2 unspecified atom stereocenters. The van der Waals surface area contributed by atoms with Crippen molar-refractivity contribution in [1.29, 1.82) is 0 Å². The van der Waals surface area contributed by atoms with Gasteiger partial charge in [-0.1, -0.05) is 25.4 Å². The summed E-state index contributed by atoms with van der Waals surface area (Å²) in [5.74, 6) is -0.113. The summed E-state index contributed by atoms with van der Waals surface area (Å²) in [7, 11) is 0. The fourth-order valence-electron chi connectivity index (χ4n) is 2.09. The summed E-state index contributed by atoms with van der Waals surface area (Å²) >= 11 is 5.66. The zero-order valence-electron chi connectivity index (χ0n) is 11.4. The van der Waals surface area contributed by atoms with Gasteiger partial charge in [0, 0.05) is 12.1 Å². The molecule has 0 aromatic carbocycles. The van der Waals surface area contributed by atoms with Crippen molar-refractivity contribution in [3.8, 4) is 0 Å². The van der Waals surface area contributed by atoms with E-state index < -0.39 is 11.6 Å². The van der Waals surface area contributed by atoms with Gasteiger partial charge >= 0.3 is 0 Å². The molecule has 18 heavy (non-hydrogen) atoms. The average molecular weight is 273 g/mol. The molecule has 1 heterocycles. The molecule has 2 amide bonds. The molecular weight excluding hydrogens is 252 g/mol. The summed E-state index contributed by atoms with van der Waals surface area (Å²) in [5, 5.41) is 2.80. The van der Waals surface area contributed by atoms with Crippen LogP contribution >= 0.6 is 11.6 Å². The van der Waals surface area contributed by atoms with Crippen LogP contribution < -0.4 is 5.32 Å². The van der Waals surface area contributed by atoms with Crippen molar-refractivity contribution in [1.82, 2.24) is 10.2 Å². The van der Waals surface area contributed by atoms with Crippen LogP contribution in [0.3, 0.4) is 0 Å². The molecule has 1 fully saturated rings. The van der Waals surface area contributed by atoms with E-state index >= 15 is 0 Å². The van der Waals surface area contributed by atoms with Gasteiger partial charge in [0.15, 0.2) is 0 Å². The molecule has 0 bridgehead atoms. The van der Waals surface area contributed by atoms with E-state index in [4.69, 9.17) is 11.6 Å². The summed E-state index contributed by atoms with van der Waals surface area (Å²) in [6, 6.07) is -0.416. The van der Waals surface area contributed by atoms with Crippen molar-refractivity contribution in [3.63, 3.8) is 0 Å². The van der Waals surface area contributed by atoms with Gasteiger partial charge in [-0.15, -0.1) is 0 Å². The van der Waals surface area contributed by atoms with Gasteiger partial charge in [0.2, 0.25) is 11.8 Å². The van der Waals surface area contributed by atoms with Gasteiger partial charge in [-0.25, -0.2) is 0 Å². The van der Waals surface area contributed by atoms with Crippen LogP contribution in [0.2, 0.25) is 0 Å². The van der Waals surface area contributed by atoms with Crippen LogP contribution in [-0.2, 0) is 9.59 Å². The van der Waals surface area contributed by atoms with Gasteiger partial charge in [-0.2, -0.15) is 0 Å². The molecule has 2 atom stereocenters. The smallest absolute Gasteiger partial charge is 0.246 e. The Morgan fingerprint density at radius 1 is 1.50 bits per heavy atom. The zero-order valence-corrected chi connectivity index (χ0v) is 12.2. The minimum absolute atomic E-state index is 0.0284. The van der Waals surface area contributed by atoms with Crippen molar-refractivity contribution < 1.29 is 9.59 Å². The SMILES string of the molecule is CCC1NC(=O)C(C)(CC)N(CC(C)=CCl)C1=O. The molecule has 1 aliphatic rings. The Bertz CT molecular complexity index is 381. The number of rotatable bonds is 4. The predicted molar refractivity (Wildman–Crippen MR) is 72.2 cm³/mol. The summed E-state index contributed by atoms with van der Waals surface area (Å²) < 4.78 is 0. The lowest BCUT2D eigenvalue weighted by Crippen LogP contribution is -2.69. The lowest BCUT2D eigenvalue weighted by molar-refractivity contribution is -0.156. The van der Waals surface area contributed by atoms with Gasteiger partial charge in [-0.3, -0.25) is 9.59 Å². The lowest BCUT2D eigenvalue weighted by Gasteiger charge is -2.46. The van der Waals surface area contributed by atoms with E-state index in [9.17, 15) is 9.59 Å². The third kappa shape index (κ3) is 2.53. The molecule has 4 nitrogen and oxygen atoms in total. The van der Waals surface area contributed by atoms with Crippen LogP contribution in [0.4, 0.5) is 0 Å². The van der Waals surface area contributed by atoms with Crippen molar-refractivity contribution >= 4 is 23.4 Å². The molecule has 1 N–H and O–H groups in total. The highest BCUT2D eigenvalue weighted by atomic mass is 35.5. The second-order valence-electron chi connectivity index (χ2n) is 4.94.